The van der Waals surface area contributed by atoms with Gasteiger partial charge in [-0.05, 0) is 57.1 Å². The van der Waals surface area contributed by atoms with Gasteiger partial charge in [0.15, 0.2) is 0 Å². The Kier molecular flexibility index (Phi) is 7.68. The van der Waals surface area contributed by atoms with Crippen molar-refractivity contribution in [2.75, 3.05) is 0 Å². The molecule has 0 saturated heterocycles. The summed E-state index contributed by atoms with van der Waals surface area (Å²) in [5.74, 6) is -1.64. The zero-order valence-electron chi connectivity index (χ0n) is 16.7. The van der Waals surface area contributed by atoms with Gasteiger partial charge in [-0.15, -0.1) is 0 Å². The number of carbonyl (C=O) groups excluding carboxylic acids is 4. The zero-order chi connectivity index (χ0) is 22.1. The number of rotatable bonds is 6. The molecule has 0 spiro atoms. The number of hydrogen-bond acceptors (Lipinski definition) is 7. The molecule has 0 N–H and O–H groups in total. The van der Waals surface area contributed by atoms with Crippen molar-refractivity contribution >= 4 is 78.2 Å². The van der Waals surface area contributed by atoms with Gasteiger partial charge in [0.1, 0.15) is 19.9 Å². The lowest BCUT2D eigenvalue weighted by Crippen LogP contribution is -2.41. The lowest BCUT2D eigenvalue weighted by atomic mass is 9.94. The summed E-state index contributed by atoms with van der Waals surface area (Å²) >= 11 is 12.4. The molecular formula is C20H22Cl2N2O4S3. The Labute approximate surface area is 202 Å². The first-order valence-electron chi connectivity index (χ1n) is 10.5. The molecule has 0 bridgehead atoms. The van der Waals surface area contributed by atoms with Crippen LogP contribution in [0.25, 0.3) is 0 Å². The molecule has 11 heteroatoms. The number of halogens is 2. The average Bonchev–Trinajstić information content (AvgIpc) is 3.13. The second-order valence-electron chi connectivity index (χ2n) is 8.07. The molecule has 2 fully saturated rings. The second-order valence-corrected chi connectivity index (χ2v) is 12.7. The summed E-state index contributed by atoms with van der Waals surface area (Å²) in [6, 6.07) is -0.207. The predicted octanol–water partition coefficient (Wildman–Crippen LogP) is 5.32. The van der Waals surface area contributed by atoms with E-state index in [1.807, 2.05) is 0 Å². The lowest BCUT2D eigenvalue weighted by molar-refractivity contribution is -0.142. The fourth-order valence-corrected chi connectivity index (χ4v) is 9.22. The van der Waals surface area contributed by atoms with Crippen LogP contribution in [-0.2, 0) is 19.2 Å². The minimum absolute atomic E-state index is 0.0774. The monoisotopic (exact) mass is 520 g/mol. The van der Waals surface area contributed by atoms with E-state index in [9.17, 15) is 19.2 Å². The van der Waals surface area contributed by atoms with Crippen molar-refractivity contribution in [2.45, 2.75) is 76.3 Å². The summed E-state index contributed by atoms with van der Waals surface area (Å²) in [6.45, 7) is 0. The van der Waals surface area contributed by atoms with Gasteiger partial charge in [-0.2, -0.15) is 0 Å². The van der Waals surface area contributed by atoms with Gasteiger partial charge in [0.25, 0.3) is 23.6 Å². The molecule has 168 valence electrons. The van der Waals surface area contributed by atoms with Gasteiger partial charge in [-0.25, -0.2) is 0 Å². The van der Waals surface area contributed by atoms with Gasteiger partial charge in [-0.3, -0.25) is 29.0 Å². The molecule has 6 nitrogen and oxygen atoms in total. The Balaban J connectivity index is 1.38. The van der Waals surface area contributed by atoms with Crippen molar-refractivity contribution in [1.82, 2.24) is 9.80 Å². The minimum atomic E-state index is -0.445. The molecule has 4 rings (SSSR count). The summed E-state index contributed by atoms with van der Waals surface area (Å²) < 4.78 is 0. The Bertz CT molecular complexity index is 810. The first-order chi connectivity index (χ1) is 14.9. The van der Waals surface area contributed by atoms with Crippen LogP contribution in [0.5, 0.6) is 0 Å². The van der Waals surface area contributed by atoms with Gasteiger partial charge < -0.3 is 0 Å². The first-order valence-corrected chi connectivity index (χ1v) is 14.7. The molecule has 2 aliphatic heterocycles. The Morgan fingerprint density at radius 1 is 0.581 bits per heavy atom. The molecule has 0 atom stereocenters. The van der Waals surface area contributed by atoms with Gasteiger partial charge in [-0.1, -0.05) is 61.7 Å². The highest BCUT2D eigenvalue weighted by molar-refractivity contribution is 9.11. The van der Waals surface area contributed by atoms with Crippen LogP contribution in [0.1, 0.15) is 64.2 Å². The summed E-state index contributed by atoms with van der Waals surface area (Å²) in [6.07, 6.45) is 9.41. The summed E-state index contributed by atoms with van der Waals surface area (Å²) in [4.78, 5) is 53.7. The quantitative estimate of drug-likeness (QED) is 0.346. The van der Waals surface area contributed by atoms with Crippen molar-refractivity contribution in [3.05, 3.63) is 19.9 Å². The maximum atomic E-state index is 12.8. The van der Waals surface area contributed by atoms with E-state index in [0.717, 1.165) is 95.6 Å². The van der Waals surface area contributed by atoms with Crippen LogP contribution in [0.4, 0.5) is 0 Å². The van der Waals surface area contributed by atoms with Crippen molar-refractivity contribution < 1.29 is 19.2 Å². The maximum absolute atomic E-state index is 12.8. The van der Waals surface area contributed by atoms with Crippen LogP contribution in [0.15, 0.2) is 19.9 Å². The molecule has 0 unspecified atom stereocenters. The van der Waals surface area contributed by atoms with E-state index in [1.54, 1.807) is 0 Å². The number of imide groups is 2. The van der Waals surface area contributed by atoms with Crippen molar-refractivity contribution in [1.29, 1.82) is 0 Å². The van der Waals surface area contributed by atoms with Crippen LogP contribution < -0.4 is 0 Å². The van der Waals surface area contributed by atoms with E-state index in [4.69, 9.17) is 23.2 Å². The normalized spacial score (nSPS) is 24.5. The van der Waals surface area contributed by atoms with E-state index in [-0.39, 0.29) is 43.8 Å². The number of nitrogens with zero attached hydrogens (tertiary/aromatic N) is 2. The molecule has 4 aliphatic rings. The summed E-state index contributed by atoms with van der Waals surface area (Å²) in [7, 11) is 3.20. The van der Waals surface area contributed by atoms with Crippen molar-refractivity contribution in [3.8, 4) is 0 Å². The third-order valence-corrected chi connectivity index (χ3v) is 10.9. The molecule has 0 aromatic heterocycles. The Morgan fingerprint density at radius 2 is 0.935 bits per heavy atom. The first kappa shape index (κ1) is 23.5. The number of carbonyl (C=O) groups is 4. The lowest BCUT2D eigenvalue weighted by Gasteiger charge is -2.29. The van der Waals surface area contributed by atoms with Crippen LogP contribution in [0.2, 0.25) is 0 Å². The van der Waals surface area contributed by atoms with Crippen molar-refractivity contribution in [3.63, 3.8) is 0 Å². The topological polar surface area (TPSA) is 74.8 Å². The SMILES string of the molecule is O=C1C(Cl)=C(SSSC2=C(Cl)C(=O)N(C3CCCCC3)C2=O)C(=O)N1C1CCCCC1. The molecule has 0 aromatic rings. The molecule has 2 saturated carbocycles. The third kappa shape index (κ3) is 4.58. The van der Waals surface area contributed by atoms with Gasteiger partial charge >= 0.3 is 0 Å². The molecular weight excluding hydrogens is 499 g/mol. The second kappa shape index (κ2) is 10.1. The van der Waals surface area contributed by atoms with Crippen molar-refractivity contribution in [2.24, 2.45) is 0 Å². The van der Waals surface area contributed by atoms with E-state index in [2.05, 4.69) is 0 Å². The molecule has 4 amide bonds. The molecule has 2 heterocycles. The molecule has 31 heavy (non-hydrogen) atoms. The number of amides is 4. The van der Waals surface area contributed by atoms with Crippen LogP contribution in [-0.4, -0.2) is 45.5 Å². The summed E-state index contributed by atoms with van der Waals surface area (Å²) in [5, 5.41) is -0.155. The van der Waals surface area contributed by atoms with E-state index < -0.39 is 11.8 Å². The van der Waals surface area contributed by atoms with Crippen LogP contribution in [0, 0.1) is 0 Å². The van der Waals surface area contributed by atoms with E-state index in [0.29, 0.717) is 0 Å². The van der Waals surface area contributed by atoms with E-state index >= 15 is 0 Å². The molecule has 2 aliphatic carbocycles. The Hall–Kier alpha value is -0.610. The maximum Gasteiger partial charge on any atom is 0.273 e. The standard InChI is InChI=1S/C20H22Cl2N2O4S3/c21-13-15(19(27)23(17(13)25)11-7-3-1-4-8-11)29-31-30-16-14(22)18(26)24(20(16)28)12-9-5-2-6-10-12/h11-12H,1-10H2. The van der Waals surface area contributed by atoms with E-state index in [1.165, 1.54) is 9.80 Å². The molecule has 0 radical (unpaired) electrons. The Morgan fingerprint density at radius 3 is 1.29 bits per heavy atom. The largest absolute Gasteiger partial charge is 0.273 e. The smallest absolute Gasteiger partial charge is 0.270 e. The highest BCUT2D eigenvalue weighted by Crippen LogP contribution is 2.51. The predicted molar refractivity (Wildman–Crippen MR) is 126 cm³/mol. The summed E-state index contributed by atoms with van der Waals surface area (Å²) in [5.41, 5.74) is 0. The average molecular weight is 522 g/mol. The van der Waals surface area contributed by atoms with Gasteiger partial charge in [0, 0.05) is 12.1 Å². The fraction of sp³-hybridized carbons (Fsp3) is 0.600. The highest BCUT2D eigenvalue weighted by atomic mass is 35.5. The minimum Gasteiger partial charge on any atom is -0.270 e. The third-order valence-electron chi connectivity index (χ3n) is 6.15. The number of hydrogen-bond donors (Lipinski definition) is 0. The van der Waals surface area contributed by atoms with Crippen LogP contribution in [0.3, 0.4) is 0 Å². The fourth-order valence-electron chi connectivity index (χ4n) is 4.57. The van der Waals surface area contributed by atoms with Crippen LogP contribution >= 0.6 is 54.6 Å². The molecule has 0 aromatic carbocycles. The van der Waals surface area contributed by atoms with Gasteiger partial charge in [0.2, 0.25) is 0 Å². The highest BCUT2D eigenvalue weighted by Gasteiger charge is 2.44. The zero-order valence-corrected chi connectivity index (χ0v) is 20.7. The van der Waals surface area contributed by atoms with Gasteiger partial charge in [0.05, 0.1) is 0 Å².